The van der Waals surface area contributed by atoms with Gasteiger partial charge in [0.2, 0.25) is 5.91 Å². The van der Waals surface area contributed by atoms with Crippen LogP contribution in [0.5, 0.6) is 0 Å². The third kappa shape index (κ3) is 57.4. The molecule has 0 aromatic heterocycles. The number of rotatable bonds is 59. The molecule has 0 aromatic rings. The summed E-state index contributed by atoms with van der Waals surface area (Å²) >= 11 is 0. The van der Waals surface area contributed by atoms with Gasteiger partial charge in [0.15, 0.2) is 0 Å². The van der Waals surface area contributed by atoms with E-state index >= 15 is 0 Å². The molecule has 2 unspecified atom stereocenters. The third-order valence-electron chi connectivity index (χ3n) is 14.9. The predicted molar refractivity (Wildman–Crippen MR) is 308 cm³/mol. The fourth-order valence-corrected chi connectivity index (χ4v) is 10.0. The predicted octanol–water partition coefficient (Wildman–Crippen LogP) is 21.2. The fourth-order valence-electron chi connectivity index (χ4n) is 10.0. The maximum Gasteiger partial charge on any atom is 0.220 e. The minimum Gasteiger partial charge on any atom is -0.394 e. The second-order valence-electron chi connectivity index (χ2n) is 21.8. The summed E-state index contributed by atoms with van der Waals surface area (Å²) in [6.07, 6.45) is 83.5. The van der Waals surface area contributed by atoms with Crippen LogP contribution in [0.1, 0.15) is 354 Å². The Morgan fingerprint density at radius 2 is 0.594 bits per heavy atom. The highest BCUT2D eigenvalue weighted by Gasteiger charge is 2.18. The van der Waals surface area contributed by atoms with Crippen molar-refractivity contribution in [3.8, 4) is 0 Å². The minimum absolute atomic E-state index is 0.0564. The first-order chi connectivity index (χ1) is 34.2. The summed E-state index contributed by atoms with van der Waals surface area (Å²) in [6, 6.07) is -0.620. The van der Waals surface area contributed by atoms with E-state index < -0.39 is 12.1 Å². The van der Waals surface area contributed by atoms with Gasteiger partial charge in [0.05, 0.1) is 18.8 Å². The Labute approximate surface area is 433 Å². The average molecular weight is 969 g/mol. The molecule has 0 saturated heterocycles. The zero-order valence-electron chi connectivity index (χ0n) is 47.1. The molecule has 0 aliphatic carbocycles. The summed E-state index contributed by atoms with van der Waals surface area (Å²) < 4.78 is 0. The van der Waals surface area contributed by atoms with Gasteiger partial charge in [-0.15, -0.1) is 0 Å². The molecule has 3 N–H and O–H groups in total. The summed E-state index contributed by atoms with van der Waals surface area (Å²) in [5, 5.41) is 23.2. The van der Waals surface area contributed by atoms with E-state index in [1.54, 1.807) is 6.08 Å². The van der Waals surface area contributed by atoms with Gasteiger partial charge < -0.3 is 15.5 Å². The van der Waals surface area contributed by atoms with E-state index in [-0.39, 0.29) is 12.5 Å². The van der Waals surface area contributed by atoms with Crippen molar-refractivity contribution < 1.29 is 15.0 Å². The van der Waals surface area contributed by atoms with Crippen molar-refractivity contribution in [1.82, 2.24) is 5.32 Å². The maximum absolute atomic E-state index is 12.5. The van der Waals surface area contributed by atoms with E-state index in [0.29, 0.717) is 6.42 Å². The Bertz CT molecular complexity index is 1050. The van der Waals surface area contributed by atoms with Gasteiger partial charge in [-0.1, -0.05) is 333 Å². The van der Waals surface area contributed by atoms with Crippen molar-refractivity contribution in [2.45, 2.75) is 366 Å². The standard InChI is InChI=1S/C65H125NO3/c1-3-5-7-9-11-13-15-17-19-21-23-25-26-27-28-29-30-31-32-33-34-35-36-37-38-39-40-41-43-45-47-49-51-53-55-57-59-61-65(69)66-63(62-67)64(68)60-58-56-54-52-50-48-46-44-42-24-22-20-18-16-14-12-10-8-6-4-2/h15,17,21,23,58,60,63-64,67-68H,3-14,16,18-20,22,24-57,59,61-62H2,1-2H3,(H,66,69)/b17-15-,23-21-,60-58+. The minimum atomic E-state index is -0.838. The first-order valence-corrected chi connectivity index (χ1v) is 31.7. The van der Waals surface area contributed by atoms with E-state index in [0.717, 1.165) is 32.1 Å². The first-order valence-electron chi connectivity index (χ1n) is 31.7. The number of unbranched alkanes of at least 4 members (excludes halogenated alkanes) is 48. The molecule has 0 rings (SSSR count). The monoisotopic (exact) mass is 968 g/mol. The molecule has 4 nitrogen and oxygen atoms in total. The molecule has 0 radical (unpaired) electrons. The van der Waals surface area contributed by atoms with Crippen molar-refractivity contribution in [3.63, 3.8) is 0 Å². The molecule has 0 aromatic carbocycles. The summed E-state index contributed by atoms with van der Waals surface area (Å²) in [5.41, 5.74) is 0. The molecule has 69 heavy (non-hydrogen) atoms. The van der Waals surface area contributed by atoms with E-state index in [1.165, 1.54) is 302 Å². The Balaban J connectivity index is 3.40. The molecular formula is C65H125NO3. The van der Waals surface area contributed by atoms with Gasteiger partial charge in [-0.2, -0.15) is 0 Å². The van der Waals surface area contributed by atoms with Crippen LogP contribution in [0.3, 0.4) is 0 Å². The van der Waals surface area contributed by atoms with Crippen LogP contribution in [-0.2, 0) is 4.79 Å². The van der Waals surface area contributed by atoms with Crippen molar-refractivity contribution in [3.05, 3.63) is 36.5 Å². The molecule has 408 valence electrons. The highest BCUT2D eigenvalue weighted by Crippen LogP contribution is 2.18. The lowest BCUT2D eigenvalue weighted by Crippen LogP contribution is -2.45. The number of aliphatic hydroxyl groups excluding tert-OH is 2. The van der Waals surface area contributed by atoms with Crippen LogP contribution < -0.4 is 5.32 Å². The second kappa shape index (κ2) is 60.9. The smallest absolute Gasteiger partial charge is 0.220 e. The molecular weight excluding hydrogens is 843 g/mol. The molecule has 0 heterocycles. The van der Waals surface area contributed by atoms with Crippen LogP contribution in [0, 0.1) is 0 Å². The number of carbonyl (C=O) groups excluding carboxylic acids is 1. The molecule has 0 aliphatic rings. The van der Waals surface area contributed by atoms with Crippen molar-refractivity contribution in [2.24, 2.45) is 0 Å². The highest BCUT2D eigenvalue weighted by atomic mass is 16.3. The maximum atomic E-state index is 12.5. The summed E-state index contributed by atoms with van der Waals surface area (Å²) in [6.45, 7) is 4.34. The van der Waals surface area contributed by atoms with Gasteiger partial charge in [0, 0.05) is 6.42 Å². The number of hydrogen-bond acceptors (Lipinski definition) is 3. The lowest BCUT2D eigenvalue weighted by Gasteiger charge is -2.20. The second-order valence-corrected chi connectivity index (χ2v) is 21.8. The zero-order valence-corrected chi connectivity index (χ0v) is 47.1. The van der Waals surface area contributed by atoms with E-state index in [9.17, 15) is 15.0 Å². The quantitative estimate of drug-likeness (QED) is 0.0420. The molecule has 2 atom stereocenters. The molecule has 0 saturated carbocycles. The third-order valence-corrected chi connectivity index (χ3v) is 14.9. The van der Waals surface area contributed by atoms with Gasteiger partial charge >= 0.3 is 0 Å². The Kier molecular flexibility index (Phi) is 59.7. The van der Waals surface area contributed by atoms with Crippen LogP contribution in [-0.4, -0.2) is 34.9 Å². The van der Waals surface area contributed by atoms with Crippen molar-refractivity contribution in [2.75, 3.05) is 6.61 Å². The molecule has 0 spiro atoms. The summed E-state index contributed by atoms with van der Waals surface area (Å²) in [7, 11) is 0. The normalized spacial score (nSPS) is 12.9. The number of nitrogens with one attached hydrogen (secondary N) is 1. The average Bonchev–Trinajstić information content (AvgIpc) is 3.35. The lowest BCUT2D eigenvalue weighted by molar-refractivity contribution is -0.123. The molecule has 4 heteroatoms. The van der Waals surface area contributed by atoms with Crippen LogP contribution in [0.25, 0.3) is 0 Å². The van der Waals surface area contributed by atoms with Crippen LogP contribution in [0.15, 0.2) is 36.5 Å². The molecule has 0 fully saturated rings. The molecule has 0 bridgehead atoms. The molecule has 0 aliphatic heterocycles. The fraction of sp³-hybridized carbons (Fsp3) is 0.892. The number of hydrogen-bond donors (Lipinski definition) is 3. The summed E-state index contributed by atoms with van der Waals surface area (Å²) in [5.74, 6) is -0.0564. The highest BCUT2D eigenvalue weighted by molar-refractivity contribution is 5.76. The van der Waals surface area contributed by atoms with Gasteiger partial charge in [-0.3, -0.25) is 4.79 Å². The van der Waals surface area contributed by atoms with Gasteiger partial charge in [-0.05, 0) is 51.4 Å². The van der Waals surface area contributed by atoms with Crippen LogP contribution >= 0.6 is 0 Å². The number of aliphatic hydroxyl groups is 2. The van der Waals surface area contributed by atoms with Crippen LogP contribution in [0.2, 0.25) is 0 Å². The Morgan fingerprint density at radius 3 is 0.870 bits per heavy atom. The van der Waals surface area contributed by atoms with E-state index in [2.05, 4.69) is 43.5 Å². The Morgan fingerprint density at radius 1 is 0.348 bits per heavy atom. The largest absolute Gasteiger partial charge is 0.394 e. The number of allylic oxidation sites excluding steroid dienone is 5. The first kappa shape index (κ1) is 67.6. The molecule has 1 amide bonds. The van der Waals surface area contributed by atoms with Crippen LogP contribution in [0.4, 0.5) is 0 Å². The SMILES string of the molecule is CCCCCCC/C=C\C/C=C\CCCCCCCCCCCCCCCCCCCCCCCCCCCC(=O)NC(CO)C(O)/C=C/CCCCCCCCCCCCCCCCCCCC. The lowest BCUT2D eigenvalue weighted by atomic mass is 10.0. The van der Waals surface area contributed by atoms with Gasteiger partial charge in [0.25, 0.3) is 0 Å². The number of amides is 1. The van der Waals surface area contributed by atoms with Crippen molar-refractivity contribution >= 4 is 5.91 Å². The number of carbonyl (C=O) groups is 1. The van der Waals surface area contributed by atoms with E-state index in [1.807, 2.05) is 6.08 Å². The Hall–Kier alpha value is -1.39. The van der Waals surface area contributed by atoms with Gasteiger partial charge in [0.1, 0.15) is 0 Å². The van der Waals surface area contributed by atoms with Gasteiger partial charge in [-0.25, -0.2) is 0 Å². The van der Waals surface area contributed by atoms with E-state index in [4.69, 9.17) is 0 Å². The topological polar surface area (TPSA) is 69.6 Å². The summed E-state index contributed by atoms with van der Waals surface area (Å²) in [4.78, 5) is 12.5. The van der Waals surface area contributed by atoms with Crippen molar-refractivity contribution in [1.29, 1.82) is 0 Å². The zero-order chi connectivity index (χ0) is 49.9.